The topological polar surface area (TPSA) is 33.7 Å². The largest absolute Gasteiger partial charge is 0.493 e. The summed E-state index contributed by atoms with van der Waals surface area (Å²) in [5, 5.41) is 4.72. The van der Waals surface area contributed by atoms with Gasteiger partial charge in [-0.05, 0) is 48.5 Å². The molecule has 1 N–H and O–H groups in total. The molecule has 134 valence electrons. The molecule has 0 aromatic heterocycles. The van der Waals surface area contributed by atoms with Crippen LogP contribution in [-0.2, 0) is 6.42 Å². The Bertz CT molecular complexity index is 736. The molecule has 2 aromatic carbocycles. The highest BCUT2D eigenvalue weighted by atomic mass is 35.5. The summed E-state index contributed by atoms with van der Waals surface area (Å²) in [6.07, 6.45) is 0.801. The van der Waals surface area contributed by atoms with Gasteiger partial charge in [0.2, 0.25) is 0 Å². The van der Waals surface area contributed by atoms with Gasteiger partial charge in [-0.1, -0.05) is 35.3 Å². The Labute approximate surface area is 163 Å². The fraction of sp³-hybridized carbons (Fsp3) is 0.278. The van der Waals surface area contributed by atoms with Crippen LogP contribution in [0.4, 0.5) is 5.69 Å². The second-order valence-electron chi connectivity index (χ2n) is 5.39. The fourth-order valence-corrected chi connectivity index (χ4v) is 2.94. The minimum absolute atomic E-state index is 0.531. The third-order valence-corrected chi connectivity index (χ3v) is 4.77. The number of hydrogen-bond acceptors (Lipinski definition) is 3. The molecule has 0 radical (unpaired) electrons. The van der Waals surface area contributed by atoms with Gasteiger partial charge in [-0.25, -0.2) is 0 Å². The van der Waals surface area contributed by atoms with E-state index in [0.717, 1.165) is 18.5 Å². The van der Waals surface area contributed by atoms with E-state index in [2.05, 4.69) is 5.32 Å². The number of nitrogens with zero attached hydrogens (tertiary/aromatic N) is 1. The van der Waals surface area contributed by atoms with Crippen molar-refractivity contribution in [2.75, 3.05) is 33.1 Å². The maximum absolute atomic E-state index is 6.16. The summed E-state index contributed by atoms with van der Waals surface area (Å²) < 4.78 is 10.6. The first-order chi connectivity index (χ1) is 12.0. The van der Waals surface area contributed by atoms with E-state index in [0.29, 0.717) is 32.3 Å². The number of thiocarbonyl (C=S) groups is 1. The summed E-state index contributed by atoms with van der Waals surface area (Å²) in [4.78, 5) is 1.94. The molecule has 25 heavy (non-hydrogen) atoms. The molecule has 0 amide bonds. The van der Waals surface area contributed by atoms with E-state index < -0.39 is 0 Å². The molecular weight excluding hydrogens is 379 g/mol. The van der Waals surface area contributed by atoms with Gasteiger partial charge in [-0.2, -0.15) is 0 Å². The van der Waals surface area contributed by atoms with Crippen LogP contribution >= 0.6 is 35.4 Å². The highest BCUT2D eigenvalue weighted by Crippen LogP contribution is 2.30. The summed E-state index contributed by atoms with van der Waals surface area (Å²) in [5.41, 5.74) is 1.75. The van der Waals surface area contributed by atoms with Crippen LogP contribution in [0.15, 0.2) is 36.4 Å². The number of halogens is 2. The third-order valence-electron chi connectivity index (χ3n) is 3.73. The summed E-state index contributed by atoms with van der Waals surface area (Å²) >= 11 is 17.8. The zero-order valence-corrected chi connectivity index (χ0v) is 16.6. The highest BCUT2D eigenvalue weighted by Gasteiger charge is 2.11. The fourth-order valence-electron chi connectivity index (χ4n) is 2.25. The molecule has 0 aliphatic rings. The smallest absolute Gasteiger partial charge is 0.173 e. The summed E-state index contributed by atoms with van der Waals surface area (Å²) in [6.45, 7) is 0.726. The molecule has 0 bridgehead atoms. The van der Waals surface area contributed by atoms with Crippen molar-refractivity contribution < 1.29 is 9.47 Å². The summed E-state index contributed by atoms with van der Waals surface area (Å²) in [5.74, 6) is 1.43. The molecule has 4 nitrogen and oxygen atoms in total. The molecular formula is C18H20Cl2N2O2S. The van der Waals surface area contributed by atoms with Crippen LogP contribution in [0.5, 0.6) is 11.5 Å². The van der Waals surface area contributed by atoms with E-state index in [-0.39, 0.29) is 0 Å². The van der Waals surface area contributed by atoms with E-state index in [9.17, 15) is 0 Å². The Morgan fingerprint density at radius 3 is 2.32 bits per heavy atom. The minimum Gasteiger partial charge on any atom is -0.493 e. The molecule has 0 aliphatic carbocycles. The van der Waals surface area contributed by atoms with E-state index in [4.69, 9.17) is 44.9 Å². The van der Waals surface area contributed by atoms with Gasteiger partial charge >= 0.3 is 0 Å². The second kappa shape index (κ2) is 9.13. The molecule has 2 aromatic rings. The van der Waals surface area contributed by atoms with Gasteiger partial charge in [0.05, 0.1) is 30.0 Å². The first-order valence-corrected chi connectivity index (χ1v) is 8.79. The number of benzene rings is 2. The Hall–Kier alpha value is -1.69. The number of hydrogen-bond donors (Lipinski definition) is 1. The van der Waals surface area contributed by atoms with E-state index >= 15 is 0 Å². The predicted octanol–water partition coefficient (Wildman–Crippen LogP) is 4.88. The quantitative estimate of drug-likeness (QED) is 0.701. The Morgan fingerprint density at radius 1 is 1.08 bits per heavy atom. The van der Waals surface area contributed by atoms with E-state index in [1.54, 1.807) is 32.4 Å². The maximum Gasteiger partial charge on any atom is 0.173 e. The first-order valence-electron chi connectivity index (χ1n) is 7.63. The van der Waals surface area contributed by atoms with Crippen LogP contribution in [0, 0.1) is 0 Å². The van der Waals surface area contributed by atoms with Crippen LogP contribution < -0.4 is 14.8 Å². The van der Waals surface area contributed by atoms with Gasteiger partial charge in [0.15, 0.2) is 16.6 Å². The number of anilines is 1. The highest BCUT2D eigenvalue weighted by molar-refractivity contribution is 7.80. The molecule has 0 unspecified atom stereocenters. The number of nitrogens with one attached hydrogen (secondary N) is 1. The average Bonchev–Trinajstić information content (AvgIpc) is 2.62. The van der Waals surface area contributed by atoms with Gasteiger partial charge in [0.1, 0.15) is 0 Å². The average molecular weight is 399 g/mol. The van der Waals surface area contributed by atoms with Gasteiger partial charge in [-0.3, -0.25) is 0 Å². The predicted molar refractivity (Wildman–Crippen MR) is 109 cm³/mol. The summed E-state index contributed by atoms with van der Waals surface area (Å²) in [7, 11) is 5.16. The number of methoxy groups -OCH3 is 2. The molecule has 0 fully saturated rings. The van der Waals surface area contributed by atoms with Crippen molar-refractivity contribution in [1.29, 1.82) is 0 Å². The lowest BCUT2D eigenvalue weighted by atomic mass is 10.1. The lowest BCUT2D eigenvalue weighted by Crippen LogP contribution is -2.32. The van der Waals surface area contributed by atoms with E-state index in [1.165, 1.54) is 0 Å². The minimum atomic E-state index is 0.531. The second-order valence-corrected chi connectivity index (χ2v) is 6.59. The lowest BCUT2D eigenvalue weighted by molar-refractivity contribution is 0.354. The Balaban J connectivity index is 1.98. The van der Waals surface area contributed by atoms with Gasteiger partial charge in [0.25, 0.3) is 0 Å². The first kappa shape index (κ1) is 19.6. The van der Waals surface area contributed by atoms with Crippen molar-refractivity contribution in [3.8, 4) is 11.5 Å². The maximum atomic E-state index is 6.16. The van der Waals surface area contributed by atoms with Gasteiger partial charge in [0, 0.05) is 13.6 Å². The van der Waals surface area contributed by atoms with Crippen LogP contribution in [0.2, 0.25) is 10.0 Å². The van der Waals surface area contributed by atoms with Crippen molar-refractivity contribution in [2.24, 2.45) is 0 Å². The van der Waals surface area contributed by atoms with Crippen LogP contribution in [-0.4, -0.2) is 37.8 Å². The van der Waals surface area contributed by atoms with Crippen LogP contribution in [0.1, 0.15) is 5.56 Å². The monoisotopic (exact) mass is 398 g/mol. The lowest BCUT2D eigenvalue weighted by Gasteiger charge is -2.22. The number of ether oxygens (including phenoxy) is 2. The normalized spacial score (nSPS) is 10.3. The zero-order valence-electron chi connectivity index (χ0n) is 14.3. The molecule has 0 atom stereocenters. The number of para-hydroxylation sites is 1. The zero-order chi connectivity index (χ0) is 18.4. The van der Waals surface area contributed by atoms with Crippen LogP contribution in [0.25, 0.3) is 0 Å². The van der Waals surface area contributed by atoms with Crippen molar-refractivity contribution in [3.63, 3.8) is 0 Å². The van der Waals surface area contributed by atoms with Crippen molar-refractivity contribution in [3.05, 3.63) is 52.0 Å². The summed E-state index contributed by atoms with van der Waals surface area (Å²) in [6, 6.07) is 11.2. The van der Waals surface area contributed by atoms with Gasteiger partial charge < -0.3 is 19.7 Å². The Kier molecular flexibility index (Phi) is 7.17. The SMILES string of the molecule is COc1ccc(CCN(C)C(=S)Nc2c(Cl)cccc2Cl)cc1OC. The van der Waals surface area contributed by atoms with Gasteiger partial charge in [-0.15, -0.1) is 0 Å². The van der Waals surface area contributed by atoms with Crippen molar-refractivity contribution in [2.45, 2.75) is 6.42 Å². The number of rotatable bonds is 6. The molecule has 2 rings (SSSR count). The van der Waals surface area contributed by atoms with Crippen molar-refractivity contribution >= 4 is 46.2 Å². The molecule has 7 heteroatoms. The van der Waals surface area contributed by atoms with Crippen LogP contribution in [0.3, 0.4) is 0 Å². The molecule has 0 spiro atoms. The van der Waals surface area contributed by atoms with E-state index in [1.807, 2.05) is 30.1 Å². The molecule has 0 saturated heterocycles. The molecule has 0 heterocycles. The molecule has 0 aliphatic heterocycles. The number of likely N-dealkylation sites (N-methyl/N-ethyl adjacent to an activating group) is 1. The molecule has 0 saturated carbocycles. The standard InChI is InChI=1S/C18H20Cl2N2O2S/c1-22(18(25)21-17-13(19)5-4-6-14(17)20)10-9-12-7-8-15(23-2)16(11-12)24-3/h4-8,11H,9-10H2,1-3H3,(H,21,25). The Morgan fingerprint density at radius 2 is 1.72 bits per heavy atom. The third kappa shape index (κ3) is 5.14. The van der Waals surface area contributed by atoms with Crippen molar-refractivity contribution in [1.82, 2.24) is 4.90 Å².